The minimum atomic E-state index is 0.326. The van der Waals surface area contributed by atoms with Crippen molar-refractivity contribution in [2.24, 2.45) is 0 Å². The first-order chi connectivity index (χ1) is 13.3. The maximum atomic E-state index is 5.84. The van der Waals surface area contributed by atoms with E-state index in [1.807, 2.05) is 54.6 Å². The van der Waals surface area contributed by atoms with Crippen molar-refractivity contribution in [3.63, 3.8) is 0 Å². The predicted molar refractivity (Wildman–Crippen MR) is 104 cm³/mol. The van der Waals surface area contributed by atoms with Crippen LogP contribution in [0.15, 0.2) is 78.9 Å². The molecule has 134 valence electrons. The van der Waals surface area contributed by atoms with Crippen molar-refractivity contribution in [2.45, 2.75) is 13.5 Å². The third-order valence-corrected chi connectivity index (χ3v) is 4.12. The highest BCUT2D eigenvalue weighted by Gasteiger charge is 2.10. The van der Waals surface area contributed by atoms with E-state index in [-0.39, 0.29) is 0 Å². The number of tetrazole rings is 1. The van der Waals surface area contributed by atoms with Crippen LogP contribution in [-0.2, 0) is 6.54 Å². The van der Waals surface area contributed by atoms with Gasteiger partial charge in [-0.2, -0.15) is 4.68 Å². The number of nitrogens with zero attached hydrogens (tertiary/aromatic N) is 4. The number of hydrogen-bond donors (Lipinski definition) is 1. The van der Waals surface area contributed by atoms with Crippen molar-refractivity contribution in [3.05, 3.63) is 90.0 Å². The SMILES string of the molecule is Cc1ccc(NCc2ccc(Oc3nnnn3-c3ccccc3)cc2)cc1. The molecule has 1 aromatic heterocycles. The molecule has 0 radical (unpaired) electrons. The monoisotopic (exact) mass is 357 g/mol. The minimum Gasteiger partial charge on any atom is -0.423 e. The Morgan fingerprint density at radius 2 is 1.63 bits per heavy atom. The van der Waals surface area contributed by atoms with Crippen LogP contribution in [0, 0.1) is 6.92 Å². The first-order valence-electron chi connectivity index (χ1n) is 8.69. The van der Waals surface area contributed by atoms with E-state index in [0.717, 1.165) is 23.5 Å². The zero-order valence-electron chi connectivity index (χ0n) is 14.9. The van der Waals surface area contributed by atoms with Crippen molar-refractivity contribution in [3.8, 4) is 17.4 Å². The number of benzene rings is 3. The van der Waals surface area contributed by atoms with Gasteiger partial charge in [-0.1, -0.05) is 53.1 Å². The second-order valence-electron chi connectivity index (χ2n) is 6.17. The van der Waals surface area contributed by atoms with Crippen molar-refractivity contribution in [2.75, 3.05) is 5.32 Å². The number of para-hydroxylation sites is 1. The third kappa shape index (κ3) is 4.12. The Balaban J connectivity index is 1.41. The van der Waals surface area contributed by atoms with Gasteiger partial charge in [0.25, 0.3) is 0 Å². The van der Waals surface area contributed by atoms with Gasteiger partial charge >= 0.3 is 6.01 Å². The lowest BCUT2D eigenvalue weighted by Gasteiger charge is -2.09. The van der Waals surface area contributed by atoms with E-state index in [4.69, 9.17) is 4.74 Å². The Morgan fingerprint density at radius 3 is 2.37 bits per heavy atom. The molecule has 0 fully saturated rings. The molecule has 6 nitrogen and oxygen atoms in total. The van der Waals surface area contributed by atoms with Crippen LogP contribution in [0.3, 0.4) is 0 Å². The van der Waals surface area contributed by atoms with Crippen molar-refractivity contribution in [1.29, 1.82) is 0 Å². The van der Waals surface area contributed by atoms with Crippen molar-refractivity contribution in [1.82, 2.24) is 20.2 Å². The maximum absolute atomic E-state index is 5.84. The first-order valence-corrected chi connectivity index (χ1v) is 8.69. The summed E-state index contributed by atoms with van der Waals surface area (Å²) in [6.45, 7) is 2.82. The average molecular weight is 357 g/mol. The lowest BCUT2D eigenvalue weighted by atomic mass is 10.2. The van der Waals surface area contributed by atoms with Crippen molar-refractivity contribution < 1.29 is 4.74 Å². The zero-order chi connectivity index (χ0) is 18.5. The van der Waals surface area contributed by atoms with Crippen LogP contribution in [-0.4, -0.2) is 20.2 Å². The van der Waals surface area contributed by atoms with Gasteiger partial charge in [0.2, 0.25) is 0 Å². The van der Waals surface area contributed by atoms with E-state index in [2.05, 4.69) is 52.0 Å². The Morgan fingerprint density at radius 1 is 0.889 bits per heavy atom. The molecule has 0 saturated carbocycles. The predicted octanol–water partition coefficient (Wildman–Crippen LogP) is 4.38. The van der Waals surface area contributed by atoms with Gasteiger partial charge in [0, 0.05) is 12.2 Å². The van der Waals surface area contributed by atoms with Gasteiger partial charge in [0.1, 0.15) is 5.75 Å². The summed E-state index contributed by atoms with van der Waals surface area (Å²) in [5, 5.41) is 15.1. The van der Waals surface area contributed by atoms with Crippen LogP contribution >= 0.6 is 0 Å². The molecule has 27 heavy (non-hydrogen) atoms. The van der Waals surface area contributed by atoms with Gasteiger partial charge in [-0.15, -0.1) is 0 Å². The normalized spacial score (nSPS) is 10.6. The van der Waals surface area contributed by atoms with E-state index in [0.29, 0.717) is 11.8 Å². The van der Waals surface area contributed by atoms with E-state index < -0.39 is 0 Å². The average Bonchev–Trinajstić information content (AvgIpc) is 3.17. The number of rotatable bonds is 6. The quantitative estimate of drug-likeness (QED) is 0.555. The van der Waals surface area contributed by atoms with Gasteiger partial charge in [-0.3, -0.25) is 0 Å². The van der Waals surface area contributed by atoms with E-state index in [9.17, 15) is 0 Å². The molecule has 0 spiro atoms. The lowest BCUT2D eigenvalue weighted by Crippen LogP contribution is -2.01. The highest BCUT2D eigenvalue weighted by Crippen LogP contribution is 2.22. The first kappa shape index (κ1) is 16.8. The molecule has 0 saturated heterocycles. The second kappa shape index (κ2) is 7.70. The largest absolute Gasteiger partial charge is 0.423 e. The van der Waals surface area contributed by atoms with Crippen LogP contribution in [0.5, 0.6) is 11.8 Å². The van der Waals surface area contributed by atoms with Gasteiger partial charge in [0.15, 0.2) is 0 Å². The molecule has 3 aromatic carbocycles. The molecule has 6 heteroatoms. The molecule has 0 atom stereocenters. The molecule has 0 bridgehead atoms. The summed E-state index contributed by atoms with van der Waals surface area (Å²) >= 11 is 0. The molecule has 0 unspecified atom stereocenters. The van der Waals surface area contributed by atoms with Gasteiger partial charge < -0.3 is 10.1 Å². The summed E-state index contributed by atoms with van der Waals surface area (Å²) in [7, 11) is 0. The summed E-state index contributed by atoms with van der Waals surface area (Å²) in [6.07, 6.45) is 0. The van der Waals surface area contributed by atoms with Crippen LogP contribution in [0.2, 0.25) is 0 Å². The summed E-state index contributed by atoms with van der Waals surface area (Å²) in [5.41, 5.74) is 4.35. The highest BCUT2D eigenvalue weighted by atomic mass is 16.5. The topological polar surface area (TPSA) is 64.9 Å². The number of aryl methyl sites for hydroxylation is 1. The van der Waals surface area contributed by atoms with E-state index in [1.165, 1.54) is 5.56 Å². The Bertz CT molecular complexity index is 995. The minimum absolute atomic E-state index is 0.326. The highest BCUT2D eigenvalue weighted by molar-refractivity contribution is 5.45. The summed E-state index contributed by atoms with van der Waals surface area (Å²) in [5.74, 6) is 0.682. The molecule has 1 N–H and O–H groups in total. The summed E-state index contributed by atoms with van der Waals surface area (Å²) < 4.78 is 7.40. The van der Waals surface area contributed by atoms with E-state index >= 15 is 0 Å². The van der Waals surface area contributed by atoms with E-state index in [1.54, 1.807) is 4.68 Å². The number of hydrogen-bond acceptors (Lipinski definition) is 5. The van der Waals surface area contributed by atoms with Gasteiger partial charge in [-0.25, -0.2) is 0 Å². The smallest absolute Gasteiger partial charge is 0.345 e. The molecule has 0 aliphatic rings. The molecule has 0 amide bonds. The van der Waals surface area contributed by atoms with Crippen LogP contribution in [0.4, 0.5) is 5.69 Å². The molecule has 0 aliphatic heterocycles. The molecule has 4 aromatic rings. The fourth-order valence-corrected chi connectivity index (χ4v) is 2.63. The van der Waals surface area contributed by atoms with Gasteiger partial charge in [-0.05, 0) is 59.3 Å². The molecule has 0 aliphatic carbocycles. The van der Waals surface area contributed by atoms with Crippen LogP contribution in [0.25, 0.3) is 5.69 Å². The van der Waals surface area contributed by atoms with Gasteiger partial charge in [0.05, 0.1) is 5.69 Å². The standard InChI is InChI=1S/C21H19N5O/c1-16-7-11-18(12-8-16)22-15-17-9-13-20(14-10-17)27-21-23-24-25-26(21)19-5-3-2-4-6-19/h2-14,22H,15H2,1H3. The maximum Gasteiger partial charge on any atom is 0.345 e. The number of anilines is 1. The summed E-state index contributed by atoms with van der Waals surface area (Å²) in [6, 6.07) is 26.2. The molecule has 4 rings (SSSR count). The molecular formula is C21H19N5O. The zero-order valence-corrected chi connectivity index (χ0v) is 14.9. The van der Waals surface area contributed by atoms with Crippen LogP contribution < -0.4 is 10.1 Å². The third-order valence-electron chi connectivity index (χ3n) is 4.12. The number of aromatic nitrogens is 4. The second-order valence-corrected chi connectivity index (χ2v) is 6.17. The van der Waals surface area contributed by atoms with Crippen molar-refractivity contribution >= 4 is 5.69 Å². The van der Waals surface area contributed by atoms with Crippen LogP contribution in [0.1, 0.15) is 11.1 Å². The number of ether oxygens (including phenoxy) is 1. The molecule has 1 heterocycles. The Hall–Kier alpha value is -3.67. The fraction of sp³-hybridized carbons (Fsp3) is 0.0952. The fourth-order valence-electron chi connectivity index (χ4n) is 2.63. The number of nitrogens with one attached hydrogen (secondary N) is 1. The Kier molecular flexibility index (Phi) is 4.78. The Labute approximate surface area is 157 Å². The molecular weight excluding hydrogens is 338 g/mol. The summed E-state index contributed by atoms with van der Waals surface area (Å²) in [4.78, 5) is 0. The lowest BCUT2D eigenvalue weighted by molar-refractivity contribution is 0.427.